The highest BCUT2D eigenvalue weighted by Crippen LogP contribution is 2.43. The van der Waals surface area contributed by atoms with E-state index in [1.54, 1.807) is 0 Å². The van der Waals surface area contributed by atoms with Crippen LogP contribution in [0, 0.1) is 0 Å². The molecule has 8 nitrogen and oxygen atoms in total. The molecule has 0 aliphatic carbocycles. The third-order valence-electron chi connectivity index (χ3n) is 11.7. The van der Waals surface area contributed by atoms with Crippen molar-refractivity contribution in [1.82, 2.24) is 0 Å². The summed E-state index contributed by atoms with van der Waals surface area (Å²) in [5.41, 5.74) is 0. The summed E-state index contributed by atoms with van der Waals surface area (Å²) in [5, 5.41) is 0. The quantitative estimate of drug-likeness (QED) is 0.0214. The number of likely N-dealkylation sites (N-methyl/N-ethyl adjacent to an activating group) is 1. The smallest absolute Gasteiger partial charge is 0.457 e. The summed E-state index contributed by atoms with van der Waals surface area (Å²) in [5.74, 6) is -0.324. The molecule has 0 amide bonds. The zero-order valence-corrected chi connectivity index (χ0v) is 43.7. The Labute approximate surface area is 397 Å². The zero-order chi connectivity index (χ0) is 46.9. The number of esters is 1. The fraction of sp³-hybridized carbons (Fsp3) is 0.836. The number of hydrogen-bond donors (Lipinski definition) is 1. The summed E-state index contributed by atoms with van der Waals surface area (Å²) in [7, 11) is 1.66. The van der Waals surface area contributed by atoms with E-state index >= 15 is 0 Å². The first-order valence-corrected chi connectivity index (χ1v) is 28.4. The molecule has 0 bridgehead atoms. The molecule has 0 spiro atoms. The first kappa shape index (κ1) is 62.5. The standard InChI is InChI=1S/C55H104NO7P/c1-6-8-10-12-14-16-18-20-22-24-26-27-28-29-31-33-35-37-39-41-43-45-47-50-60-52-54(53-62-64(58,59)61-51-49-56(3,4)5)63-55(57)48-46-44-42-40-38-36-34-32-30-25-23-21-19-17-15-13-11-9-7-2/h9,11,15,17,21,23,30,32,54H,6-8,10,12-14,16,18-20,22,24-29,31,33-53H2,1-5H3/p+1/b11-9-,17-15-,23-21-,32-30-. The normalized spacial score (nSPS) is 13.9. The van der Waals surface area contributed by atoms with Gasteiger partial charge in [-0.05, 0) is 51.4 Å². The molecular weight excluding hydrogens is 818 g/mol. The Hall–Kier alpha value is -1.54. The van der Waals surface area contributed by atoms with Crippen molar-refractivity contribution in [1.29, 1.82) is 0 Å². The van der Waals surface area contributed by atoms with E-state index in [-0.39, 0.29) is 25.8 Å². The number of hydrogen-bond acceptors (Lipinski definition) is 6. The van der Waals surface area contributed by atoms with Crippen molar-refractivity contribution >= 4 is 13.8 Å². The predicted octanol–water partition coefficient (Wildman–Crippen LogP) is 16.7. The van der Waals surface area contributed by atoms with E-state index in [4.69, 9.17) is 18.5 Å². The Morgan fingerprint density at radius 1 is 0.500 bits per heavy atom. The molecule has 0 fully saturated rings. The third-order valence-corrected chi connectivity index (χ3v) is 12.6. The van der Waals surface area contributed by atoms with Crippen LogP contribution in [0.3, 0.4) is 0 Å². The molecule has 0 aliphatic rings. The molecule has 1 N–H and O–H groups in total. The highest BCUT2D eigenvalue weighted by Gasteiger charge is 2.26. The van der Waals surface area contributed by atoms with Crippen molar-refractivity contribution in [2.45, 2.75) is 245 Å². The highest BCUT2D eigenvalue weighted by molar-refractivity contribution is 7.47. The maximum atomic E-state index is 12.8. The summed E-state index contributed by atoms with van der Waals surface area (Å²) in [4.78, 5) is 23.0. The SMILES string of the molecule is CC/C=C\C/C=C\C/C=C\C/C=C\CCCCCCCCC(=O)OC(COCCCCCCCCCCCCCCCCCCCCCCCCC)COP(=O)(O)OCC[N+](C)(C)C. The molecule has 0 heterocycles. The second-order valence-corrected chi connectivity index (χ2v) is 20.7. The van der Waals surface area contributed by atoms with Gasteiger partial charge in [-0.2, -0.15) is 0 Å². The minimum absolute atomic E-state index is 0.0855. The summed E-state index contributed by atoms with van der Waals surface area (Å²) in [6, 6.07) is 0. The van der Waals surface area contributed by atoms with Crippen LogP contribution in [0.5, 0.6) is 0 Å². The van der Waals surface area contributed by atoms with Gasteiger partial charge in [-0.25, -0.2) is 4.57 Å². The molecule has 0 radical (unpaired) electrons. The average molecular weight is 923 g/mol. The molecule has 2 atom stereocenters. The molecular formula is C55H105NO7P+. The highest BCUT2D eigenvalue weighted by atomic mass is 31.2. The van der Waals surface area contributed by atoms with Crippen LogP contribution >= 0.6 is 7.82 Å². The van der Waals surface area contributed by atoms with E-state index in [9.17, 15) is 14.3 Å². The van der Waals surface area contributed by atoms with Gasteiger partial charge in [0.25, 0.3) is 0 Å². The van der Waals surface area contributed by atoms with Crippen molar-refractivity contribution < 1.29 is 37.3 Å². The van der Waals surface area contributed by atoms with E-state index in [1.165, 1.54) is 148 Å². The monoisotopic (exact) mass is 923 g/mol. The molecule has 2 unspecified atom stereocenters. The van der Waals surface area contributed by atoms with Gasteiger partial charge in [-0.15, -0.1) is 0 Å². The van der Waals surface area contributed by atoms with Crippen molar-refractivity contribution in [2.24, 2.45) is 0 Å². The van der Waals surface area contributed by atoms with Crippen molar-refractivity contribution in [3.8, 4) is 0 Å². The van der Waals surface area contributed by atoms with Gasteiger partial charge in [0.1, 0.15) is 19.3 Å². The lowest BCUT2D eigenvalue weighted by molar-refractivity contribution is -0.870. The van der Waals surface area contributed by atoms with Crippen LogP contribution < -0.4 is 0 Å². The van der Waals surface area contributed by atoms with Crippen LogP contribution in [0.15, 0.2) is 48.6 Å². The van der Waals surface area contributed by atoms with Crippen molar-refractivity contribution in [3.05, 3.63) is 48.6 Å². The number of allylic oxidation sites excluding steroid dienone is 8. The fourth-order valence-corrected chi connectivity index (χ4v) is 8.29. The molecule has 0 aromatic heterocycles. The van der Waals surface area contributed by atoms with Crippen LogP contribution in [0.2, 0.25) is 0 Å². The minimum Gasteiger partial charge on any atom is -0.457 e. The van der Waals surface area contributed by atoms with Gasteiger partial charge in [0.15, 0.2) is 0 Å². The topological polar surface area (TPSA) is 91.3 Å². The van der Waals surface area contributed by atoms with Crippen LogP contribution in [0.25, 0.3) is 0 Å². The number of phosphoric ester groups is 1. The van der Waals surface area contributed by atoms with Crippen LogP contribution in [0.1, 0.15) is 239 Å². The second-order valence-electron chi connectivity index (χ2n) is 19.2. The van der Waals surface area contributed by atoms with Gasteiger partial charge in [0.2, 0.25) is 0 Å². The molecule has 376 valence electrons. The fourth-order valence-electron chi connectivity index (χ4n) is 7.55. The number of nitrogens with zero attached hydrogens (tertiary/aromatic N) is 1. The van der Waals surface area contributed by atoms with Gasteiger partial charge in [0, 0.05) is 13.0 Å². The number of rotatable bonds is 50. The third kappa shape index (κ3) is 51.4. The Bertz CT molecular complexity index is 1160. The van der Waals surface area contributed by atoms with Crippen molar-refractivity contribution in [3.63, 3.8) is 0 Å². The lowest BCUT2D eigenvalue weighted by atomic mass is 10.0. The molecule has 0 aliphatic heterocycles. The van der Waals surface area contributed by atoms with Crippen LogP contribution in [-0.4, -0.2) is 75.6 Å². The summed E-state index contributed by atoms with van der Waals surface area (Å²) in [6.07, 6.45) is 60.2. The van der Waals surface area contributed by atoms with Gasteiger partial charge >= 0.3 is 13.8 Å². The number of carbonyl (C=O) groups excluding carboxylic acids is 1. The summed E-state index contributed by atoms with van der Waals surface area (Å²) < 4.78 is 35.2. The minimum atomic E-state index is -4.29. The maximum Gasteiger partial charge on any atom is 0.472 e. The number of carbonyl (C=O) groups is 1. The number of ether oxygens (including phenoxy) is 2. The molecule has 0 saturated carbocycles. The number of phosphoric acid groups is 1. The zero-order valence-electron chi connectivity index (χ0n) is 42.8. The Balaban J connectivity index is 4.10. The molecule has 9 heteroatoms. The predicted molar refractivity (Wildman–Crippen MR) is 275 cm³/mol. The van der Waals surface area contributed by atoms with E-state index in [0.717, 1.165) is 70.6 Å². The first-order valence-electron chi connectivity index (χ1n) is 26.9. The van der Waals surface area contributed by atoms with E-state index in [1.807, 2.05) is 21.1 Å². The van der Waals surface area contributed by atoms with E-state index < -0.39 is 13.9 Å². The first-order chi connectivity index (χ1) is 31.1. The summed E-state index contributed by atoms with van der Waals surface area (Å²) >= 11 is 0. The van der Waals surface area contributed by atoms with Gasteiger partial charge in [-0.1, -0.05) is 229 Å². The van der Waals surface area contributed by atoms with Gasteiger partial charge < -0.3 is 18.9 Å². The molecule has 0 aromatic carbocycles. The molecule has 0 rings (SSSR count). The second kappa shape index (κ2) is 47.9. The lowest BCUT2D eigenvalue weighted by Gasteiger charge is -2.24. The number of unbranched alkanes of at least 4 members (excludes halogenated alkanes) is 28. The Kier molecular flexibility index (Phi) is 46.8. The van der Waals surface area contributed by atoms with E-state index in [2.05, 4.69) is 62.5 Å². The summed E-state index contributed by atoms with van der Waals surface area (Å²) in [6.45, 7) is 5.53. The largest absolute Gasteiger partial charge is 0.472 e. The van der Waals surface area contributed by atoms with Crippen molar-refractivity contribution in [2.75, 3.05) is 54.1 Å². The molecule has 64 heavy (non-hydrogen) atoms. The van der Waals surface area contributed by atoms with Gasteiger partial charge in [-0.3, -0.25) is 13.8 Å². The Morgan fingerprint density at radius 2 is 0.906 bits per heavy atom. The average Bonchev–Trinajstić information content (AvgIpc) is 3.25. The van der Waals surface area contributed by atoms with Crippen LogP contribution in [0.4, 0.5) is 0 Å². The molecule has 0 aromatic rings. The van der Waals surface area contributed by atoms with Crippen LogP contribution in [-0.2, 0) is 27.9 Å². The number of quaternary nitrogens is 1. The van der Waals surface area contributed by atoms with E-state index in [0.29, 0.717) is 24.1 Å². The Morgan fingerprint density at radius 3 is 1.36 bits per heavy atom. The lowest BCUT2D eigenvalue weighted by Crippen LogP contribution is -2.37. The maximum absolute atomic E-state index is 12.8. The van der Waals surface area contributed by atoms with Gasteiger partial charge in [0.05, 0.1) is 34.4 Å². The molecule has 0 saturated heterocycles.